The van der Waals surface area contributed by atoms with E-state index in [2.05, 4.69) is 71.6 Å². The van der Waals surface area contributed by atoms with Crippen LogP contribution in [0.25, 0.3) is 0 Å². The summed E-state index contributed by atoms with van der Waals surface area (Å²) in [5.41, 5.74) is 2.54. The normalized spacial score (nSPS) is 14.0. The fraction of sp³-hybridized carbons (Fsp3) is 0.692. The molecule has 0 saturated heterocycles. The highest BCUT2D eigenvalue weighted by molar-refractivity contribution is 8.05. The standard InChI is InChI=1S/C26H47NS/c1-10-14-16-23(8)27(18-12-3)26(21(5)6)19-25(17-15-11-2)24(9)28-20-22(7)13-4/h13,20-21,25-26H,4,8-12,14-19H2,1-3,5-7H3/b22-20+. The Bertz CT molecular complexity index is 489. The Kier molecular flexibility index (Phi) is 15.5. The lowest BCUT2D eigenvalue weighted by Crippen LogP contribution is -2.40. The quantitative estimate of drug-likeness (QED) is 0.222. The molecular formula is C26H47NS. The molecule has 0 saturated carbocycles. The zero-order chi connectivity index (χ0) is 21.5. The van der Waals surface area contributed by atoms with Gasteiger partial charge in [0.15, 0.2) is 0 Å². The summed E-state index contributed by atoms with van der Waals surface area (Å²) in [4.78, 5) is 3.93. The molecular weight excluding hydrogens is 358 g/mol. The Morgan fingerprint density at radius 2 is 1.68 bits per heavy atom. The van der Waals surface area contributed by atoms with Gasteiger partial charge in [-0.1, -0.05) is 79.7 Å². The van der Waals surface area contributed by atoms with E-state index in [4.69, 9.17) is 0 Å². The topological polar surface area (TPSA) is 3.24 Å². The second-order valence-electron chi connectivity index (χ2n) is 8.40. The predicted octanol–water partition coefficient (Wildman–Crippen LogP) is 8.96. The number of unbranched alkanes of at least 4 members (excludes halogenated alkanes) is 2. The van der Waals surface area contributed by atoms with E-state index in [9.17, 15) is 0 Å². The Morgan fingerprint density at radius 3 is 2.18 bits per heavy atom. The van der Waals surface area contributed by atoms with Crippen molar-refractivity contribution in [2.45, 2.75) is 99.0 Å². The van der Waals surface area contributed by atoms with E-state index in [1.54, 1.807) is 11.8 Å². The Hall–Kier alpha value is -0.890. The molecule has 2 atom stereocenters. The molecule has 0 aliphatic heterocycles. The first-order valence-corrected chi connectivity index (χ1v) is 12.3. The minimum absolute atomic E-state index is 0.535. The average molecular weight is 406 g/mol. The summed E-state index contributed by atoms with van der Waals surface area (Å²) in [7, 11) is 0. The molecule has 1 nitrogen and oxygen atoms in total. The van der Waals surface area contributed by atoms with Gasteiger partial charge in [0.1, 0.15) is 0 Å². The molecule has 0 amide bonds. The minimum atomic E-state index is 0.535. The maximum absolute atomic E-state index is 4.48. The van der Waals surface area contributed by atoms with Crippen LogP contribution in [0.15, 0.2) is 47.4 Å². The van der Waals surface area contributed by atoms with Crippen molar-refractivity contribution in [3.8, 4) is 0 Å². The number of allylic oxidation sites excluding steroid dienone is 4. The van der Waals surface area contributed by atoms with E-state index in [1.807, 2.05) is 6.08 Å². The molecule has 0 aliphatic rings. The van der Waals surface area contributed by atoms with Crippen molar-refractivity contribution in [2.75, 3.05) is 6.54 Å². The Morgan fingerprint density at radius 1 is 1.04 bits per heavy atom. The van der Waals surface area contributed by atoms with Crippen LogP contribution in [0.2, 0.25) is 0 Å². The van der Waals surface area contributed by atoms with Gasteiger partial charge in [0.25, 0.3) is 0 Å². The predicted molar refractivity (Wildman–Crippen MR) is 133 cm³/mol. The van der Waals surface area contributed by atoms with Crippen molar-refractivity contribution in [1.29, 1.82) is 0 Å². The zero-order valence-electron chi connectivity index (χ0n) is 19.7. The summed E-state index contributed by atoms with van der Waals surface area (Å²) in [5, 5.41) is 2.20. The molecule has 162 valence electrons. The lowest BCUT2D eigenvalue weighted by Gasteiger charge is -2.40. The van der Waals surface area contributed by atoms with Crippen molar-refractivity contribution >= 4 is 11.8 Å². The van der Waals surface area contributed by atoms with Gasteiger partial charge in [0.05, 0.1) is 0 Å². The molecule has 0 radical (unpaired) electrons. The highest BCUT2D eigenvalue weighted by Crippen LogP contribution is 2.35. The van der Waals surface area contributed by atoms with Crippen LogP contribution in [-0.4, -0.2) is 17.5 Å². The first-order chi connectivity index (χ1) is 13.3. The van der Waals surface area contributed by atoms with Gasteiger partial charge in [-0.3, -0.25) is 0 Å². The lowest BCUT2D eigenvalue weighted by molar-refractivity contribution is 0.167. The molecule has 0 heterocycles. The molecule has 0 aliphatic carbocycles. The monoisotopic (exact) mass is 405 g/mol. The van der Waals surface area contributed by atoms with E-state index in [1.165, 1.54) is 61.1 Å². The zero-order valence-corrected chi connectivity index (χ0v) is 20.5. The van der Waals surface area contributed by atoms with Gasteiger partial charge >= 0.3 is 0 Å². The third-order valence-electron chi connectivity index (χ3n) is 5.47. The van der Waals surface area contributed by atoms with Crippen LogP contribution < -0.4 is 0 Å². The molecule has 0 fully saturated rings. The molecule has 0 spiro atoms. The maximum atomic E-state index is 4.48. The molecule has 0 bridgehead atoms. The second kappa shape index (κ2) is 16.0. The average Bonchev–Trinajstić information content (AvgIpc) is 2.68. The Balaban J connectivity index is 5.45. The van der Waals surface area contributed by atoms with Gasteiger partial charge in [-0.05, 0) is 66.7 Å². The summed E-state index contributed by atoms with van der Waals surface area (Å²) in [5.74, 6) is 1.15. The van der Waals surface area contributed by atoms with E-state index in [0.717, 1.165) is 13.0 Å². The van der Waals surface area contributed by atoms with Gasteiger partial charge < -0.3 is 4.90 Å². The molecule has 2 unspecified atom stereocenters. The van der Waals surface area contributed by atoms with E-state index in [0.29, 0.717) is 17.9 Å². The van der Waals surface area contributed by atoms with Gasteiger partial charge in [0, 0.05) is 18.3 Å². The molecule has 28 heavy (non-hydrogen) atoms. The Labute approximate surface area is 181 Å². The summed E-state index contributed by atoms with van der Waals surface area (Å²) < 4.78 is 0. The van der Waals surface area contributed by atoms with Gasteiger partial charge in [-0.2, -0.15) is 0 Å². The SMILES string of the molecule is C=C/C(C)=C/SC(=C)C(CCCC)CC(C(C)C)N(CCC)C(=C)CCCC. The number of thioether (sulfide) groups is 1. The first kappa shape index (κ1) is 27.1. The highest BCUT2D eigenvalue weighted by Gasteiger charge is 2.27. The fourth-order valence-corrected chi connectivity index (χ4v) is 4.39. The van der Waals surface area contributed by atoms with Gasteiger partial charge in [-0.25, -0.2) is 0 Å². The summed E-state index contributed by atoms with van der Waals surface area (Å²) in [6, 6.07) is 0.535. The van der Waals surface area contributed by atoms with Crippen LogP contribution in [0.4, 0.5) is 0 Å². The summed E-state index contributed by atoms with van der Waals surface area (Å²) >= 11 is 1.80. The number of hydrogen-bond acceptors (Lipinski definition) is 2. The number of nitrogens with zero attached hydrogens (tertiary/aromatic N) is 1. The second-order valence-corrected chi connectivity index (χ2v) is 9.40. The molecule has 0 aromatic heterocycles. The van der Waals surface area contributed by atoms with Crippen LogP contribution in [0.5, 0.6) is 0 Å². The fourth-order valence-electron chi connectivity index (χ4n) is 3.55. The van der Waals surface area contributed by atoms with Crippen molar-refractivity contribution in [2.24, 2.45) is 11.8 Å². The van der Waals surface area contributed by atoms with Crippen molar-refractivity contribution in [3.63, 3.8) is 0 Å². The molecule has 0 aromatic carbocycles. The molecule has 2 heteroatoms. The molecule has 0 aromatic rings. The third-order valence-corrected chi connectivity index (χ3v) is 6.59. The van der Waals surface area contributed by atoms with Crippen molar-refractivity contribution in [1.82, 2.24) is 4.90 Å². The maximum Gasteiger partial charge on any atom is 0.0315 e. The van der Waals surface area contributed by atoms with Gasteiger partial charge in [-0.15, -0.1) is 11.8 Å². The minimum Gasteiger partial charge on any atom is -0.372 e. The third kappa shape index (κ3) is 10.6. The van der Waals surface area contributed by atoms with Gasteiger partial charge in [0.2, 0.25) is 0 Å². The van der Waals surface area contributed by atoms with Crippen molar-refractivity contribution < 1.29 is 0 Å². The van der Waals surface area contributed by atoms with Crippen LogP contribution >= 0.6 is 11.8 Å². The van der Waals surface area contributed by atoms with E-state index < -0.39 is 0 Å². The number of hydrogen-bond donors (Lipinski definition) is 0. The summed E-state index contributed by atoms with van der Waals surface area (Å²) in [6.45, 7) is 27.6. The highest BCUT2D eigenvalue weighted by atomic mass is 32.2. The number of rotatable bonds is 17. The first-order valence-electron chi connectivity index (χ1n) is 11.4. The largest absolute Gasteiger partial charge is 0.372 e. The van der Waals surface area contributed by atoms with Crippen LogP contribution in [-0.2, 0) is 0 Å². The lowest BCUT2D eigenvalue weighted by atomic mass is 9.87. The molecule has 0 rings (SSSR count). The molecule has 0 N–H and O–H groups in total. The van der Waals surface area contributed by atoms with Crippen LogP contribution in [0, 0.1) is 11.8 Å². The van der Waals surface area contributed by atoms with E-state index >= 15 is 0 Å². The van der Waals surface area contributed by atoms with E-state index in [-0.39, 0.29) is 0 Å². The van der Waals surface area contributed by atoms with Crippen molar-refractivity contribution in [3.05, 3.63) is 47.4 Å². The summed E-state index contributed by atoms with van der Waals surface area (Å²) in [6.07, 6.45) is 11.6. The van der Waals surface area contributed by atoms with Crippen LogP contribution in [0.1, 0.15) is 92.9 Å². The smallest absolute Gasteiger partial charge is 0.0315 e. The van der Waals surface area contributed by atoms with Crippen LogP contribution in [0.3, 0.4) is 0 Å².